The van der Waals surface area contributed by atoms with E-state index in [0.717, 1.165) is 46.7 Å². The van der Waals surface area contributed by atoms with Crippen molar-refractivity contribution in [3.8, 4) is 5.75 Å². The summed E-state index contributed by atoms with van der Waals surface area (Å²) < 4.78 is 6.32. The van der Waals surface area contributed by atoms with Gasteiger partial charge in [0.05, 0.1) is 18.9 Å². The van der Waals surface area contributed by atoms with Crippen molar-refractivity contribution in [1.29, 1.82) is 0 Å². The number of nitrogens with zero attached hydrogens (tertiary/aromatic N) is 3. The number of carbonyl (C=O) groups is 1. The molecule has 2 aromatic carbocycles. The van der Waals surface area contributed by atoms with Crippen molar-refractivity contribution in [2.24, 2.45) is 5.10 Å². The second-order valence-electron chi connectivity index (χ2n) is 7.58. The molecule has 1 saturated heterocycles. The van der Waals surface area contributed by atoms with Crippen LogP contribution < -0.4 is 4.74 Å². The number of hydrogen-bond donors (Lipinski definition) is 0. The van der Waals surface area contributed by atoms with Crippen molar-refractivity contribution in [3.05, 3.63) is 64.1 Å². The van der Waals surface area contributed by atoms with E-state index < -0.39 is 0 Å². The number of amides is 1. The van der Waals surface area contributed by atoms with Crippen LogP contribution in [0, 0.1) is 0 Å². The molecule has 4 rings (SSSR count). The summed E-state index contributed by atoms with van der Waals surface area (Å²) in [5, 5.41) is 6.47. The number of benzene rings is 2. The molecule has 0 spiro atoms. The fraction of sp³-hybridized carbons (Fsp3) is 0.391. The van der Waals surface area contributed by atoms with E-state index in [1.54, 1.807) is 12.1 Å². The first-order valence-electron chi connectivity index (χ1n) is 10.2. The van der Waals surface area contributed by atoms with E-state index >= 15 is 0 Å². The minimum Gasteiger partial charge on any atom is -0.497 e. The second kappa shape index (κ2) is 9.09. The summed E-state index contributed by atoms with van der Waals surface area (Å²) in [5.41, 5.74) is 3.09. The third-order valence-electron chi connectivity index (χ3n) is 5.68. The predicted molar refractivity (Wildman–Crippen MR) is 118 cm³/mol. The van der Waals surface area contributed by atoms with Crippen LogP contribution in [0.25, 0.3) is 0 Å². The van der Waals surface area contributed by atoms with Gasteiger partial charge < -0.3 is 9.64 Å². The SMILES string of the molecule is COc1ccc(C2CC(c3ccc(Br)cc3)=NN2C(=O)CCN2CCCC2)cc1. The molecule has 152 valence electrons. The molecule has 1 unspecified atom stereocenters. The van der Waals surface area contributed by atoms with Gasteiger partial charge in [-0.05, 0) is 61.3 Å². The Morgan fingerprint density at radius 1 is 1.10 bits per heavy atom. The van der Waals surface area contributed by atoms with E-state index in [4.69, 9.17) is 9.84 Å². The molecule has 5 nitrogen and oxygen atoms in total. The van der Waals surface area contributed by atoms with Crippen molar-refractivity contribution in [3.63, 3.8) is 0 Å². The van der Waals surface area contributed by atoms with Gasteiger partial charge in [0.2, 0.25) is 5.91 Å². The van der Waals surface area contributed by atoms with Crippen LogP contribution in [0.2, 0.25) is 0 Å². The number of halogens is 1. The summed E-state index contributed by atoms with van der Waals surface area (Å²) in [5.74, 6) is 0.900. The maximum Gasteiger partial charge on any atom is 0.244 e. The number of likely N-dealkylation sites (tertiary alicyclic amines) is 1. The summed E-state index contributed by atoms with van der Waals surface area (Å²) in [6, 6.07) is 16.0. The van der Waals surface area contributed by atoms with E-state index in [9.17, 15) is 4.79 Å². The zero-order chi connectivity index (χ0) is 20.2. The predicted octanol–water partition coefficient (Wildman–Crippen LogP) is 4.62. The Morgan fingerprint density at radius 3 is 2.45 bits per heavy atom. The van der Waals surface area contributed by atoms with E-state index in [-0.39, 0.29) is 11.9 Å². The molecule has 1 atom stereocenters. The molecule has 0 bridgehead atoms. The molecule has 2 aliphatic rings. The molecule has 1 fully saturated rings. The molecule has 0 aromatic heterocycles. The van der Waals surface area contributed by atoms with Gasteiger partial charge in [0.25, 0.3) is 0 Å². The molecule has 29 heavy (non-hydrogen) atoms. The highest BCUT2D eigenvalue weighted by atomic mass is 79.9. The highest BCUT2D eigenvalue weighted by Gasteiger charge is 2.33. The van der Waals surface area contributed by atoms with E-state index in [1.165, 1.54) is 12.8 Å². The lowest BCUT2D eigenvalue weighted by molar-refractivity contribution is -0.133. The Bertz CT molecular complexity index is 874. The van der Waals surface area contributed by atoms with Gasteiger partial charge in [0, 0.05) is 23.9 Å². The van der Waals surface area contributed by atoms with Gasteiger partial charge in [-0.25, -0.2) is 5.01 Å². The minimum absolute atomic E-state index is 0.0781. The fourth-order valence-corrected chi connectivity index (χ4v) is 4.28. The lowest BCUT2D eigenvalue weighted by Crippen LogP contribution is -2.31. The van der Waals surface area contributed by atoms with Crippen LogP contribution in [-0.2, 0) is 4.79 Å². The molecule has 2 heterocycles. The molecule has 6 heteroatoms. The third kappa shape index (κ3) is 4.70. The molecule has 0 radical (unpaired) electrons. The number of ether oxygens (including phenoxy) is 1. The number of carbonyl (C=O) groups excluding carboxylic acids is 1. The van der Waals surface area contributed by atoms with Crippen molar-refractivity contribution >= 4 is 27.5 Å². The summed E-state index contributed by atoms with van der Waals surface area (Å²) in [6.45, 7) is 3.01. The first-order valence-corrected chi connectivity index (χ1v) is 10.9. The zero-order valence-electron chi connectivity index (χ0n) is 16.7. The molecule has 0 aliphatic carbocycles. The number of methoxy groups -OCH3 is 1. The molecule has 2 aromatic rings. The monoisotopic (exact) mass is 455 g/mol. The average Bonchev–Trinajstić information content (AvgIpc) is 3.43. The van der Waals surface area contributed by atoms with Gasteiger partial charge in [0.1, 0.15) is 5.75 Å². The molecule has 1 amide bonds. The first kappa shape index (κ1) is 20.1. The van der Waals surface area contributed by atoms with Crippen molar-refractivity contribution in [1.82, 2.24) is 9.91 Å². The Morgan fingerprint density at radius 2 is 1.79 bits per heavy atom. The van der Waals surface area contributed by atoms with Gasteiger partial charge >= 0.3 is 0 Å². The van der Waals surface area contributed by atoms with Crippen LogP contribution >= 0.6 is 15.9 Å². The quantitative estimate of drug-likeness (QED) is 0.637. The maximum atomic E-state index is 13.1. The topological polar surface area (TPSA) is 45.1 Å². The van der Waals surface area contributed by atoms with Crippen molar-refractivity contribution < 1.29 is 9.53 Å². The molecule has 0 saturated carbocycles. The lowest BCUT2D eigenvalue weighted by atomic mass is 9.98. The Hall–Kier alpha value is -2.18. The molecular formula is C23H26BrN3O2. The Labute approximate surface area is 180 Å². The smallest absolute Gasteiger partial charge is 0.244 e. The molecule has 0 N–H and O–H groups in total. The van der Waals surface area contributed by atoms with Crippen LogP contribution in [0.3, 0.4) is 0 Å². The van der Waals surface area contributed by atoms with Gasteiger partial charge in [-0.15, -0.1) is 0 Å². The molecule has 2 aliphatic heterocycles. The maximum absolute atomic E-state index is 13.1. The highest BCUT2D eigenvalue weighted by molar-refractivity contribution is 9.10. The summed E-state index contributed by atoms with van der Waals surface area (Å²) in [6.07, 6.45) is 3.68. The minimum atomic E-state index is -0.0781. The van der Waals surface area contributed by atoms with Gasteiger partial charge in [-0.3, -0.25) is 4.79 Å². The van der Waals surface area contributed by atoms with E-state index in [2.05, 4.69) is 20.8 Å². The van der Waals surface area contributed by atoms with Crippen LogP contribution in [-0.4, -0.2) is 48.3 Å². The Balaban J connectivity index is 1.55. The Kier molecular flexibility index (Phi) is 6.31. The summed E-state index contributed by atoms with van der Waals surface area (Å²) in [4.78, 5) is 15.5. The third-order valence-corrected chi connectivity index (χ3v) is 6.21. The zero-order valence-corrected chi connectivity index (χ0v) is 18.3. The van der Waals surface area contributed by atoms with Crippen molar-refractivity contribution in [2.45, 2.75) is 31.7 Å². The normalized spacial score (nSPS) is 19.4. The second-order valence-corrected chi connectivity index (χ2v) is 8.50. The van der Waals surface area contributed by atoms with Crippen LogP contribution in [0.15, 0.2) is 58.1 Å². The molecular weight excluding hydrogens is 430 g/mol. The highest BCUT2D eigenvalue weighted by Crippen LogP contribution is 2.34. The fourth-order valence-electron chi connectivity index (χ4n) is 4.02. The van der Waals surface area contributed by atoms with E-state index in [1.807, 2.05) is 48.5 Å². The lowest BCUT2D eigenvalue weighted by Gasteiger charge is -2.23. The van der Waals surface area contributed by atoms with Crippen LogP contribution in [0.1, 0.15) is 42.9 Å². The van der Waals surface area contributed by atoms with Crippen molar-refractivity contribution in [2.75, 3.05) is 26.7 Å². The van der Waals surface area contributed by atoms with E-state index in [0.29, 0.717) is 12.8 Å². The number of hydrazone groups is 1. The van der Waals surface area contributed by atoms with Crippen LogP contribution in [0.5, 0.6) is 5.75 Å². The number of hydrogen-bond acceptors (Lipinski definition) is 4. The van der Waals surface area contributed by atoms with Crippen LogP contribution in [0.4, 0.5) is 0 Å². The summed E-state index contributed by atoms with van der Waals surface area (Å²) >= 11 is 3.48. The van der Waals surface area contributed by atoms with Gasteiger partial charge in [-0.2, -0.15) is 5.10 Å². The number of rotatable bonds is 6. The van der Waals surface area contributed by atoms with Gasteiger partial charge in [-0.1, -0.05) is 40.2 Å². The van der Waals surface area contributed by atoms with Gasteiger partial charge in [0.15, 0.2) is 0 Å². The largest absolute Gasteiger partial charge is 0.497 e. The average molecular weight is 456 g/mol. The standard InChI is InChI=1S/C23H26BrN3O2/c1-29-20-10-6-18(7-11-20)22-16-21(17-4-8-19(24)9-5-17)25-27(22)23(28)12-15-26-13-2-3-14-26/h4-11,22H,2-3,12-16H2,1H3. The first-order chi connectivity index (χ1) is 14.1. The summed E-state index contributed by atoms with van der Waals surface area (Å²) in [7, 11) is 1.66.